The number of methoxy groups -OCH3 is 1. The second-order valence-corrected chi connectivity index (χ2v) is 4.36. The number of aliphatic hydroxyl groups excluding tert-OH is 1. The Bertz CT molecular complexity index is 295. The molecule has 2 bridgehead atoms. The molecule has 1 N–H and O–H groups in total. The number of hydrogen-bond acceptors (Lipinski definition) is 3. The van der Waals surface area contributed by atoms with Crippen LogP contribution in [0.25, 0.3) is 0 Å². The van der Waals surface area contributed by atoms with E-state index in [2.05, 4.69) is 0 Å². The number of hydrogen-bond donors (Lipinski definition) is 1. The Hall–Kier alpha value is -0.670. The van der Waals surface area contributed by atoms with Crippen LogP contribution in [0.5, 0.6) is 0 Å². The zero-order chi connectivity index (χ0) is 10.3. The van der Waals surface area contributed by atoms with Gasteiger partial charge in [0.25, 0.3) is 0 Å². The summed E-state index contributed by atoms with van der Waals surface area (Å²) in [4.78, 5) is 11.8. The number of aliphatic hydroxyl groups is 1. The van der Waals surface area contributed by atoms with Crippen molar-refractivity contribution in [3.63, 3.8) is 0 Å². The molecule has 1 fully saturated rings. The minimum atomic E-state index is -0.730. The second kappa shape index (κ2) is 3.17. The molecule has 0 aromatic carbocycles. The summed E-state index contributed by atoms with van der Waals surface area (Å²) in [6.07, 6.45) is 3.11. The van der Waals surface area contributed by atoms with Crippen LogP contribution in [0.2, 0.25) is 0 Å². The van der Waals surface area contributed by atoms with Crippen LogP contribution in [0.15, 0.2) is 11.6 Å². The molecule has 0 saturated heterocycles. The average Bonchev–Trinajstić information content (AvgIpc) is 2.19. The van der Waals surface area contributed by atoms with Crippen LogP contribution in [0.3, 0.4) is 0 Å². The van der Waals surface area contributed by atoms with E-state index >= 15 is 0 Å². The van der Waals surface area contributed by atoms with Gasteiger partial charge in [-0.2, -0.15) is 0 Å². The van der Waals surface area contributed by atoms with E-state index in [9.17, 15) is 9.90 Å². The van der Waals surface area contributed by atoms with Crippen molar-refractivity contribution in [3.8, 4) is 0 Å². The SMILES string of the molecule is CO[C@]12C=C(C)[C@H](CC1=O)[C@@H](CO)C2. The fraction of sp³-hybridized carbons (Fsp3) is 0.727. The lowest BCUT2D eigenvalue weighted by Gasteiger charge is -2.46. The zero-order valence-corrected chi connectivity index (χ0v) is 8.62. The number of ether oxygens (including phenoxy) is 1. The van der Waals surface area contributed by atoms with E-state index < -0.39 is 5.60 Å². The smallest absolute Gasteiger partial charge is 0.169 e. The summed E-state index contributed by atoms with van der Waals surface area (Å²) in [5, 5.41) is 9.23. The van der Waals surface area contributed by atoms with Crippen molar-refractivity contribution in [3.05, 3.63) is 11.6 Å². The third-order valence-corrected chi connectivity index (χ3v) is 3.66. The molecule has 0 aromatic rings. The highest BCUT2D eigenvalue weighted by atomic mass is 16.5. The summed E-state index contributed by atoms with van der Waals surface area (Å²) >= 11 is 0. The summed E-state index contributed by atoms with van der Waals surface area (Å²) in [5.74, 6) is 0.600. The van der Waals surface area contributed by atoms with Gasteiger partial charge in [-0.05, 0) is 31.3 Å². The van der Waals surface area contributed by atoms with Crippen LogP contribution < -0.4 is 0 Å². The number of carbonyl (C=O) groups is 1. The average molecular weight is 196 g/mol. The Labute approximate surface area is 83.8 Å². The fourth-order valence-corrected chi connectivity index (χ4v) is 2.78. The molecule has 3 nitrogen and oxygen atoms in total. The Morgan fingerprint density at radius 1 is 1.71 bits per heavy atom. The van der Waals surface area contributed by atoms with Gasteiger partial charge in [-0.1, -0.05) is 5.57 Å². The number of allylic oxidation sites excluding steroid dienone is 1. The minimum Gasteiger partial charge on any atom is -0.396 e. The van der Waals surface area contributed by atoms with E-state index in [4.69, 9.17) is 4.74 Å². The maximum absolute atomic E-state index is 11.8. The van der Waals surface area contributed by atoms with Gasteiger partial charge in [-0.25, -0.2) is 0 Å². The molecule has 3 aliphatic carbocycles. The molecular formula is C11H16O3. The quantitative estimate of drug-likeness (QED) is 0.668. The van der Waals surface area contributed by atoms with Crippen molar-refractivity contribution in [2.24, 2.45) is 11.8 Å². The highest BCUT2D eigenvalue weighted by Gasteiger charge is 2.50. The highest BCUT2D eigenvalue weighted by Crippen LogP contribution is 2.46. The lowest BCUT2D eigenvalue weighted by atomic mass is 9.63. The van der Waals surface area contributed by atoms with Crippen molar-refractivity contribution < 1.29 is 14.6 Å². The van der Waals surface area contributed by atoms with Crippen LogP contribution in [0.4, 0.5) is 0 Å². The molecule has 3 heteroatoms. The number of Topliss-reactive ketones (excluding diaryl/α,β-unsaturated/α-hetero) is 1. The number of carbonyl (C=O) groups excluding carboxylic acids is 1. The van der Waals surface area contributed by atoms with E-state index in [1.165, 1.54) is 5.57 Å². The maximum Gasteiger partial charge on any atom is 0.169 e. The largest absolute Gasteiger partial charge is 0.396 e. The van der Waals surface area contributed by atoms with Crippen LogP contribution in [-0.4, -0.2) is 30.2 Å². The van der Waals surface area contributed by atoms with E-state index in [0.29, 0.717) is 12.8 Å². The molecule has 0 spiro atoms. The van der Waals surface area contributed by atoms with Gasteiger partial charge in [-0.3, -0.25) is 4.79 Å². The molecule has 78 valence electrons. The molecule has 0 radical (unpaired) electrons. The van der Waals surface area contributed by atoms with Gasteiger partial charge in [0.1, 0.15) is 5.60 Å². The summed E-state index contributed by atoms with van der Waals surface area (Å²) in [6, 6.07) is 0. The third-order valence-electron chi connectivity index (χ3n) is 3.66. The van der Waals surface area contributed by atoms with E-state index in [0.717, 1.165) is 0 Å². The number of fused-ring (bicyclic) bond motifs is 2. The lowest BCUT2D eigenvalue weighted by Crippen LogP contribution is -2.52. The van der Waals surface area contributed by atoms with E-state index in [1.54, 1.807) is 7.11 Å². The molecule has 3 atom stereocenters. The van der Waals surface area contributed by atoms with Gasteiger partial charge >= 0.3 is 0 Å². The topological polar surface area (TPSA) is 46.5 Å². The Morgan fingerprint density at radius 2 is 2.43 bits per heavy atom. The molecular weight excluding hydrogens is 180 g/mol. The van der Waals surface area contributed by atoms with Crippen LogP contribution in [0, 0.1) is 11.8 Å². The van der Waals surface area contributed by atoms with Gasteiger partial charge in [0.2, 0.25) is 0 Å². The molecule has 3 aliphatic rings. The Morgan fingerprint density at radius 3 is 3.00 bits per heavy atom. The predicted molar refractivity (Wildman–Crippen MR) is 51.8 cm³/mol. The lowest BCUT2D eigenvalue weighted by molar-refractivity contribution is -0.146. The van der Waals surface area contributed by atoms with Gasteiger partial charge in [-0.15, -0.1) is 0 Å². The van der Waals surface area contributed by atoms with Crippen LogP contribution in [-0.2, 0) is 9.53 Å². The van der Waals surface area contributed by atoms with Crippen molar-refractivity contribution >= 4 is 5.78 Å². The van der Waals surface area contributed by atoms with Crippen molar-refractivity contribution in [2.45, 2.75) is 25.4 Å². The number of ketones is 1. The highest BCUT2D eigenvalue weighted by molar-refractivity contribution is 5.92. The predicted octanol–water partition coefficient (Wildman–Crippen LogP) is 0.919. The Kier molecular flexibility index (Phi) is 2.24. The van der Waals surface area contributed by atoms with Crippen molar-refractivity contribution in [2.75, 3.05) is 13.7 Å². The summed E-state index contributed by atoms with van der Waals surface area (Å²) < 4.78 is 5.34. The molecule has 0 aromatic heterocycles. The third kappa shape index (κ3) is 1.16. The van der Waals surface area contributed by atoms with E-state index in [-0.39, 0.29) is 24.2 Å². The van der Waals surface area contributed by atoms with Gasteiger partial charge in [0.05, 0.1) is 0 Å². The second-order valence-electron chi connectivity index (χ2n) is 4.36. The van der Waals surface area contributed by atoms with Crippen molar-refractivity contribution in [1.82, 2.24) is 0 Å². The first-order valence-corrected chi connectivity index (χ1v) is 5.01. The molecule has 1 saturated carbocycles. The monoisotopic (exact) mass is 196 g/mol. The molecule has 3 rings (SSSR count). The normalized spacial score (nSPS) is 41.4. The molecule has 0 amide bonds. The zero-order valence-electron chi connectivity index (χ0n) is 8.62. The summed E-state index contributed by atoms with van der Waals surface area (Å²) in [6.45, 7) is 2.17. The minimum absolute atomic E-state index is 0.147. The van der Waals surface area contributed by atoms with Crippen LogP contribution >= 0.6 is 0 Å². The molecule has 0 heterocycles. The van der Waals surface area contributed by atoms with Gasteiger partial charge in [0, 0.05) is 20.1 Å². The standard InChI is InChI=1S/C11H16O3/c1-7-4-11(14-2)5-8(6-12)9(7)3-10(11)13/h4,8-9,12H,3,5-6H2,1-2H3/t8-,9+,11+/m1/s1. The molecule has 0 unspecified atom stereocenters. The first-order valence-electron chi connectivity index (χ1n) is 5.01. The summed E-state index contributed by atoms with van der Waals surface area (Å²) in [7, 11) is 1.57. The van der Waals surface area contributed by atoms with Crippen molar-refractivity contribution in [1.29, 1.82) is 0 Å². The number of rotatable bonds is 2. The molecule has 0 aliphatic heterocycles. The summed E-state index contributed by atoms with van der Waals surface area (Å²) in [5.41, 5.74) is 0.462. The van der Waals surface area contributed by atoms with Crippen LogP contribution in [0.1, 0.15) is 19.8 Å². The van der Waals surface area contributed by atoms with Gasteiger partial charge in [0.15, 0.2) is 5.78 Å². The van der Waals surface area contributed by atoms with Gasteiger partial charge < -0.3 is 9.84 Å². The maximum atomic E-state index is 11.8. The Balaban J connectivity index is 2.39. The first-order chi connectivity index (χ1) is 6.63. The molecule has 14 heavy (non-hydrogen) atoms. The first kappa shape index (κ1) is 9.87. The van der Waals surface area contributed by atoms with E-state index in [1.807, 2.05) is 13.0 Å². The fourth-order valence-electron chi connectivity index (χ4n) is 2.78.